The number of methoxy groups -OCH3 is 1. The summed E-state index contributed by atoms with van der Waals surface area (Å²) in [7, 11) is 1.80. The lowest BCUT2D eigenvalue weighted by Gasteiger charge is -2.48. The maximum atomic E-state index is 17.1. The largest absolute Gasteiger partial charge is 0.508 e. The number of phenolic OH excluding ortho intramolecular Hbond substituents is 1. The standard InChI is InChI=1S/C40H49F2N5O5/c1-4-28-31(41)9-8-25-17-26(48)18-29(33(25)28)35-34(42)36-30(19-43-35)37(47-13-14-51-22-39(2,49)21-47)45-38(44-36)52-23-40-10-5-7-32(40)46(12-6-11-40)20-24-15-27(16-24)50-3/h8-9,17-19,24,27,32,48-49H,4-7,10-16,20-23H2,1-3H3. The van der Waals surface area contributed by atoms with Gasteiger partial charge in [0.05, 0.1) is 37.9 Å². The van der Waals surface area contributed by atoms with Crippen molar-refractivity contribution >= 4 is 27.5 Å². The second kappa shape index (κ2) is 13.9. The van der Waals surface area contributed by atoms with Gasteiger partial charge in [0.1, 0.15) is 34.2 Å². The Kier molecular flexibility index (Phi) is 9.46. The first-order valence-electron chi connectivity index (χ1n) is 18.8. The molecule has 8 rings (SSSR count). The number of piperidine rings is 1. The molecule has 2 aliphatic carbocycles. The molecule has 278 valence electrons. The van der Waals surface area contributed by atoms with Crippen molar-refractivity contribution in [2.75, 3.05) is 58.0 Å². The Bertz CT molecular complexity index is 1970. The maximum Gasteiger partial charge on any atom is 0.319 e. The summed E-state index contributed by atoms with van der Waals surface area (Å²) in [6, 6.07) is 6.37. The summed E-state index contributed by atoms with van der Waals surface area (Å²) >= 11 is 0. The smallest absolute Gasteiger partial charge is 0.319 e. The third-order valence-electron chi connectivity index (χ3n) is 12.1. The molecule has 0 amide bonds. The number of aryl methyl sites for hydroxylation is 1. The van der Waals surface area contributed by atoms with Gasteiger partial charge in [-0.15, -0.1) is 0 Å². The summed E-state index contributed by atoms with van der Waals surface area (Å²) in [5.74, 6) is -0.162. The minimum Gasteiger partial charge on any atom is -0.508 e. The number of aromatic hydroxyl groups is 1. The van der Waals surface area contributed by atoms with Crippen molar-refractivity contribution in [2.45, 2.75) is 83.0 Å². The molecule has 0 spiro atoms. The predicted octanol–water partition coefficient (Wildman–Crippen LogP) is 6.42. The quantitative estimate of drug-likeness (QED) is 0.201. The van der Waals surface area contributed by atoms with Crippen LogP contribution in [0.15, 0.2) is 30.5 Å². The Morgan fingerprint density at radius 1 is 1.10 bits per heavy atom. The number of halogens is 2. The van der Waals surface area contributed by atoms with Crippen LogP contribution >= 0.6 is 0 Å². The lowest BCUT2D eigenvalue weighted by atomic mass is 9.74. The van der Waals surface area contributed by atoms with Gasteiger partial charge in [0.25, 0.3) is 0 Å². The number of aliphatic hydroxyl groups is 1. The van der Waals surface area contributed by atoms with Crippen LogP contribution in [0.2, 0.25) is 0 Å². The van der Waals surface area contributed by atoms with E-state index >= 15 is 8.78 Å². The molecule has 2 saturated carbocycles. The molecule has 2 saturated heterocycles. The number of phenols is 1. The van der Waals surface area contributed by atoms with Crippen LogP contribution < -0.4 is 9.64 Å². The Morgan fingerprint density at radius 2 is 1.92 bits per heavy atom. The number of benzene rings is 2. The third kappa shape index (κ3) is 6.45. The summed E-state index contributed by atoms with van der Waals surface area (Å²) in [5, 5.41) is 23.2. The van der Waals surface area contributed by atoms with Crippen molar-refractivity contribution in [1.82, 2.24) is 19.9 Å². The SMILES string of the molecule is CCc1c(F)ccc2cc(O)cc(-c3ncc4c(N5CCOCC(C)(O)C5)nc(OCC56CCCC5N(CC5CC(OC)C5)CCC6)nc4c3F)c12. The summed E-state index contributed by atoms with van der Waals surface area (Å²) in [5.41, 5.74) is -0.588. The van der Waals surface area contributed by atoms with E-state index in [2.05, 4.69) is 9.88 Å². The normalized spacial score (nSPS) is 28.2. The van der Waals surface area contributed by atoms with Gasteiger partial charge in [-0.25, -0.2) is 8.78 Å². The molecule has 4 heterocycles. The number of aromatic nitrogens is 3. The molecule has 0 bridgehead atoms. The number of hydrogen-bond acceptors (Lipinski definition) is 10. The van der Waals surface area contributed by atoms with Gasteiger partial charge in [0.2, 0.25) is 0 Å². The van der Waals surface area contributed by atoms with Crippen molar-refractivity contribution < 1.29 is 33.2 Å². The first-order chi connectivity index (χ1) is 25.1. The van der Waals surface area contributed by atoms with E-state index in [-0.39, 0.29) is 47.1 Å². The van der Waals surface area contributed by atoms with Crippen LogP contribution in [0.4, 0.5) is 14.6 Å². The zero-order valence-electron chi connectivity index (χ0n) is 30.3. The molecule has 3 atom stereocenters. The number of anilines is 1. The van der Waals surface area contributed by atoms with E-state index in [1.807, 2.05) is 11.8 Å². The average Bonchev–Trinajstić information content (AvgIpc) is 3.46. The Balaban J connectivity index is 1.19. The maximum absolute atomic E-state index is 17.1. The van der Waals surface area contributed by atoms with Gasteiger partial charge in [-0.3, -0.25) is 9.88 Å². The highest BCUT2D eigenvalue weighted by molar-refractivity contribution is 6.01. The fraction of sp³-hybridized carbons (Fsp3) is 0.575. The minimum absolute atomic E-state index is 0.00387. The van der Waals surface area contributed by atoms with Crippen molar-refractivity contribution in [3.63, 3.8) is 0 Å². The number of ether oxygens (including phenoxy) is 3. The summed E-state index contributed by atoms with van der Waals surface area (Å²) in [4.78, 5) is 18.7. The molecule has 4 aromatic rings. The van der Waals surface area contributed by atoms with E-state index in [0.717, 1.165) is 58.0 Å². The average molecular weight is 718 g/mol. The highest BCUT2D eigenvalue weighted by Gasteiger charge is 2.49. The van der Waals surface area contributed by atoms with Crippen LogP contribution in [0, 0.1) is 23.0 Å². The van der Waals surface area contributed by atoms with Crippen LogP contribution in [0.1, 0.15) is 64.4 Å². The Labute approximate surface area is 303 Å². The van der Waals surface area contributed by atoms with E-state index < -0.39 is 17.2 Å². The van der Waals surface area contributed by atoms with Crippen LogP contribution in [0.25, 0.3) is 32.9 Å². The lowest BCUT2D eigenvalue weighted by molar-refractivity contribution is -0.0457. The zero-order chi connectivity index (χ0) is 36.2. The first-order valence-corrected chi connectivity index (χ1v) is 18.8. The fourth-order valence-corrected chi connectivity index (χ4v) is 9.52. The number of rotatable bonds is 9. The highest BCUT2D eigenvalue weighted by atomic mass is 19.1. The summed E-state index contributed by atoms with van der Waals surface area (Å²) in [6.07, 6.45) is 9.94. The number of likely N-dealkylation sites (tertiary alicyclic amines) is 1. The molecule has 2 aromatic carbocycles. The Morgan fingerprint density at radius 3 is 2.73 bits per heavy atom. The van der Waals surface area contributed by atoms with Gasteiger partial charge in [-0.05, 0) is 98.9 Å². The number of pyridine rings is 1. The number of fused-ring (bicyclic) bond motifs is 3. The second-order valence-electron chi connectivity index (χ2n) is 15.8. The van der Waals surface area contributed by atoms with Gasteiger partial charge >= 0.3 is 6.01 Å². The lowest BCUT2D eigenvalue weighted by Crippen LogP contribution is -2.54. The molecule has 2 aromatic heterocycles. The van der Waals surface area contributed by atoms with E-state index in [4.69, 9.17) is 24.2 Å². The molecular formula is C40H49F2N5O5. The highest BCUT2D eigenvalue weighted by Crippen LogP contribution is 2.49. The molecule has 2 aliphatic heterocycles. The van der Waals surface area contributed by atoms with E-state index in [0.29, 0.717) is 71.8 Å². The molecule has 52 heavy (non-hydrogen) atoms. The van der Waals surface area contributed by atoms with Gasteiger partial charge in [0, 0.05) is 43.4 Å². The number of nitrogens with zero attached hydrogens (tertiary/aromatic N) is 5. The van der Waals surface area contributed by atoms with Crippen molar-refractivity contribution in [2.24, 2.45) is 11.3 Å². The number of β-amino-alcohol motifs (C(OH)–C–C–N with tert-alkyl or cyclic N) is 1. The molecule has 10 nitrogen and oxygen atoms in total. The predicted molar refractivity (Wildman–Crippen MR) is 195 cm³/mol. The van der Waals surface area contributed by atoms with Crippen molar-refractivity contribution in [3.8, 4) is 23.0 Å². The van der Waals surface area contributed by atoms with Gasteiger partial charge in [-0.1, -0.05) is 19.4 Å². The van der Waals surface area contributed by atoms with Crippen LogP contribution in [-0.2, 0) is 15.9 Å². The molecule has 4 fully saturated rings. The van der Waals surface area contributed by atoms with Crippen molar-refractivity contribution in [1.29, 1.82) is 0 Å². The third-order valence-corrected chi connectivity index (χ3v) is 12.1. The first kappa shape index (κ1) is 35.3. The summed E-state index contributed by atoms with van der Waals surface area (Å²) < 4.78 is 50.0. The van der Waals surface area contributed by atoms with E-state index in [9.17, 15) is 10.2 Å². The van der Waals surface area contributed by atoms with Crippen molar-refractivity contribution in [3.05, 3.63) is 47.7 Å². The van der Waals surface area contributed by atoms with E-state index in [1.165, 1.54) is 18.3 Å². The molecule has 0 radical (unpaired) electrons. The van der Waals surface area contributed by atoms with Crippen LogP contribution in [-0.4, -0.2) is 101 Å². The van der Waals surface area contributed by atoms with Gasteiger partial charge in [0.15, 0.2) is 5.82 Å². The van der Waals surface area contributed by atoms with Crippen LogP contribution in [0.5, 0.6) is 11.8 Å². The Hall–Kier alpha value is -3.71. The van der Waals surface area contributed by atoms with E-state index in [1.54, 1.807) is 26.2 Å². The van der Waals surface area contributed by atoms with Gasteiger partial charge < -0.3 is 29.3 Å². The molecule has 2 N–H and O–H groups in total. The zero-order valence-corrected chi connectivity index (χ0v) is 30.3. The second-order valence-corrected chi connectivity index (χ2v) is 15.8. The monoisotopic (exact) mass is 717 g/mol. The molecule has 3 unspecified atom stereocenters. The number of hydrogen-bond donors (Lipinski definition) is 2. The minimum atomic E-state index is -1.17. The fourth-order valence-electron chi connectivity index (χ4n) is 9.52. The summed E-state index contributed by atoms with van der Waals surface area (Å²) in [6.45, 7) is 7.23. The molecule has 4 aliphatic rings. The molecular weight excluding hydrogens is 668 g/mol. The van der Waals surface area contributed by atoms with Crippen LogP contribution in [0.3, 0.4) is 0 Å². The topological polar surface area (TPSA) is 113 Å². The molecule has 12 heteroatoms. The van der Waals surface area contributed by atoms with Gasteiger partial charge in [-0.2, -0.15) is 9.97 Å².